The molecule has 4 nitrogen and oxygen atoms in total. The van der Waals surface area contributed by atoms with Crippen LogP contribution in [-0.4, -0.2) is 9.97 Å². The van der Waals surface area contributed by atoms with Crippen LogP contribution >= 0.6 is 11.6 Å². The Balaban J connectivity index is 2.15. The molecular weight excluding hydrogens is 238 g/mol. The van der Waals surface area contributed by atoms with Crippen LogP contribution in [0.3, 0.4) is 0 Å². The second-order valence-electron chi connectivity index (χ2n) is 3.23. The summed E-state index contributed by atoms with van der Waals surface area (Å²) in [6.07, 6.45) is 3.38. The maximum absolute atomic E-state index is 8.54. The smallest absolute Gasteiger partial charge is 0.257 e. The van der Waals surface area contributed by atoms with Gasteiger partial charge in [0.15, 0.2) is 5.15 Å². The van der Waals surface area contributed by atoms with E-state index in [1.54, 1.807) is 12.1 Å². The summed E-state index contributed by atoms with van der Waals surface area (Å²) in [6.45, 7) is 0. The minimum absolute atomic E-state index is 0.216. The summed E-state index contributed by atoms with van der Waals surface area (Å²) in [4.78, 5) is 7.82. The van der Waals surface area contributed by atoms with E-state index in [9.17, 15) is 0 Å². The minimum Gasteiger partial charge on any atom is -0.436 e. The van der Waals surface area contributed by atoms with Crippen LogP contribution in [0.5, 0.6) is 11.6 Å². The molecule has 0 aliphatic rings. The maximum atomic E-state index is 8.54. The quantitative estimate of drug-likeness (QED) is 0.834. The van der Waals surface area contributed by atoms with Crippen LogP contribution in [0, 0.1) is 11.3 Å². The van der Waals surface area contributed by atoms with Crippen LogP contribution in [-0.2, 0) is 6.42 Å². The molecule has 0 fully saturated rings. The monoisotopic (exact) mass is 245 g/mol. The Hall–Kier alpha value is -2.12. The third-order valence-corrected chi connectivity index (χ3v) is 2.30. The Morgan fingerprint density at radius 2 is 1.88 bits per heavy atom. The molecule has 5 heteroatoms. The van der Waals surface area contributed by atoms with Gasteiger partial charge < -0.3 is 4.74 Å². The molecule has 0 amide bonds. The lowest BCUT2D eigenvalue weighted by Gasteiger charge is -2.05. The average molecular weight is 246 g/mol. The second-order valence-corrected chi connectivity index (χ2v) is 3.59. The van der Waals surface area contributed by atoms with Gasteiger partial charge in [-0.15, -0.1) is 0 Å². The number of ether oxygens (including phenoxy) is 1. The lowest BCUT2D eigenvalue weighted by atomic mass is 10.2. The van der Waals surface area contributed by atoms with Crippen molar-refractivity contribution in [3.63, 3.8) is 0 Å². The summed E-state index contributed by atoms with van der Waals surface area (Å²) in [5, 5.41) is 8.76. The first kappa shape index (κ1) is 11.4. The van der Waals surface area contributed by atoms with E-state index in [4.69, 9.17) is 21.6 Å². The Labute approximate surface area is 103 Å². The molecule has 0 N–H and O–H groups in total. The molecule has 0 saturated heterocycles. The zero-order valence-electron chi connectivity index (χ0n) is 8.80. The van der Waals surface area contributed by atoms with Crippen LogP contribution < -0.4 is 4.74 Å². The predicted molar refractivity (Wildman–Crippen MR) is 62.9 cm³/mol. The van der Waals surface area contributed by atoms with Crippen molar-refractivity contribution in [1.82, 2.24) is 9.97 Å². The van der Waals surface area contributed by atoms with E-state index in [1.807, 2.05) is 12.1 Å². The largest absolute Gasteiger partial charge is 0.436 e. The summed E-state index contributed by atoms with van der Waals surface area (Å²) in [5.41, 5.74) is 0.935. The number of nitriles is 1. The Kier molecular flexibility index (Phi) is 3.53. The van der Waals surface area contributed by atoms with Gasteiger partial charge in [-0.05, 0) is 17.7 Å². The number of halogens is 1. The number of aromatic nitrogens is 2. The molecular formula is C12H8ClN3O. The maximum Gasteiger partial charge on any atom is 0.257 e. The molecule has 2 aromatic rings. The van der Waals surface area contributed by atoms with Crippen LogP contribution in [0.25, 0.3) is 0 Å². The van der Waals surface area contributed by atoms with Gasteiger partial charge in [0, 0.05) is 12.4 Å². The zero-order chi connectivity index (χ0) is 12.1. The highest BCUT2D eigenvalue weighted by Crippen LogP contribution is 2.24. The van der Waals surface area contributed by atoms with E-state index < -0.39 is 0 Å². The molecule has 0 atom stereocenters. The van der Waals surface area contributed by atoms with Gasteiger partial charge in [-0.3, -0.25) is 0 Å². The van der Waals surface area contributed by atoms with Crippen LogP contribution in [0.2, 0.25) is 5.15 Å². The van der Waals surface area contributed by atoms with Gasteiger partial charge in [-0.25, -0.2) is 9.97 Å². The van der Waals surface area contributed by atoms with Gasteiger partial charge in [0.1, 0.15) is 5.75 Å². The summed E-state index contributed by atoms with van der Waals surface area (Å²) >= 11 is 5.81. The molecule has 84 valence electrons. The fraction of sp³-hybridized carbons (Fsp3) is 0.0833. The van der Waals surface area contributed by atoms with Crippen molar-refractivity contribution in [3.8, 4) is 17.7 Å². The zero-order valence-corrected chi connectivity index (χ0v) is 9.55. The van der Waals surface area contributed by atoms with Gasteiger partial charge in [0.05, 0.1) is 12.5 Å². The first-order valence-corrected chi connectivity index (χ1v) is 5.27. The normalized spacial score (nSPS) is 9.65. The molecule has 0 aliphatic heterocycles. The van der Waals surface area contributed by atoms with Crippen molar-refractivity contribution >= 4 is 11.6 Å². The highest BCUT2D eigenvalue weighted by molar-refractivity contribution is 6.30. The van der Waals surface area contributed by atoms with E-state index >= 15 is 0 Å². The van der Waals surface area contributed by atoms with E-state index in [0.717, 1.165) is 5.56 Å². The number of hydrogen-bond donors (Lipinski definition) is 0. The molecule has 1 aromatic heterocycles. The Morgan fingerprint density at radius 1 is 1.18 bits per heavy atom. The first-order chi connectivity index (χ1) is 8.29. The van der Waals surface area contributed by atoms with Crippen molar-refractivity contribution in [2.45, 2.75) is 6.42 Å². The molecule has 0 unspecified atom stereocenters. The molecule has 0 radical (unpaired) electrons. The van der Waals surface area contributed by atoms with Gasteiger partial charge in [0.25, 0.3) is 5.88 Å². The fourth-order valence-electron chi connectivity index (χ4n) is 1.26. The summed E-state index contributed by atoms with van der Waals surface area (Å²) in [6, 6.07) is 9.25. The second kappa shape index (κ2) is 5.28. The molecule has 0 saturated carbocycles. The number of nitrogens with zero attached hydrogens (tertiary/aromatic N) is 3. The number of rotatable bonds is 3. The van der Waals surface area contributed by atoms with Crippen molar-refractivity contribution in [2.75, 3.05) is 0 Å². The van der Waals surface area contributed by atoms with Gasteiger partial charge in [0.2, 0.25) is 0 Å². The number of benzene rings is 1. The third kappa shape index (κ3) is 2.92. The van der Waals surface area contributed by atoms with Gasteiger partial charge >= 0.3 is 0 Å². The van der Waals surface area contributed by atoms with Gasteiger partial charge in [-0.2, -0.15) is 5.26 Å². The summed E-state index contributed by atoms with van der Waals surface area (Å²) < 4.78 is 5.45. The van der Waals surface area contributed by atoms with E-state index in [-0.39, 0.29) is 11.0 Å². The standard InChI is InChI=1S/C12H8ClN3O/c13-11-12(16-8-7-15-11)17-10-3-1-9(2-4-10)5-6-14/h1-4,7-8H,5H2. The van der Waals surface area contributed by atoms with E-state index in [1.165, 1.54) is 12.4 Å². The van der Waals surface area contributed by atoms with Crippen molar-refractivity contribution in [2.24, 2.45) is 0 Å². The lowest BCUT2D eigenvalue weighted by Crippen LogP contribution is -1.90. The molecule has 1 aromatic carbocycles. The minimum atomic E-state index is 0.216. The SMILES string of the molecule is N#CCc1ccc(Oc2nccnc2Cl)cc1. The molecule has 0 aliphatic carbocycles. The van der Waals surface area contributed by atoms with Crippen molar-refractivity contribution < 1.29 is 4.74 Å². The Bertz CT molecular complexity index is 548. The van der Waals surface area contributed by atoms with Crippen LogP contribution in [0.15, 0.2) is 36.7 Å². The van der Waals surface area contributed by atoms with Crippen LogP contribution in [0.4, 0.5) is 0 Å². The van der Waals surface area contributed by atoms with Gasteiger partial charge in [-0.1, -0.05) is 23.7 Å². The molecule has 0 spiro atoms. The molecule has 17 heavy (non-hydrogen) atoms. The predicted octanol–water partition coefficient (Wildman–Crippen LogP) is 2.99. The Morgan fingerprint density at radius 3 is 2.53 bits per heavy atom. The van der Waals surface area contributed by atoms with Crippen LogP contribution in [0.1, 0.15) is 5.56 Å². The third-order valence-electron chi connectivity index (χ3n) is 2.04. The van der Waals surface area contributed by atoms with Crippen molar-refractivity contribution in [3.05, 3.63) is 47.4 Å². The number of hydrogen-bond acceptors (Lipinski definition) is 4. The summed E-state index contributed by atoms with van der Waals surface area (Å²) in [5.74, 6) is 0.872. The highest BCUT2D eigenvalue weighted by Gasteiger charge is 2.04. The first-order valence-electron chi connectivity index (χ1n) is 4.90. The van der Waals surface area contributed by atoms with E-state index in [2.05, 4.69) is 16.0 Å². The van der Waals surface area contributed by atoms with Crippen molar-refractivity contribution in [1.29, 1.82) is 5.26 Å². The lowest BCUT2D eigenvalue weighted by molar-refractivity contribution is 0.460. The molecule has 0 bridgehead atoms. The molecule has 2 rings (SSSR count). The molecule has 1 heterocycles. The van der Waals surface area contributed by atoms with E-state index in [0.29, 0.717) is 12.2 Å². The summed E-state index contributed by atoms with van der Waals surface area (Å²) in [7, 11) is 0. The topological polar surface area (TPSA) is 58.8 Å². The highest BCUT2D eigenvalue weighted by atomic mass is 35.5. The fourth-order valence-corrected chi connectivity index (χ4v) is 1.40. The average Bonchev–Trinajstić information content (AvgIpc) is 2.35.